The molecule has 4 heteroatoms. The molecule has 0 saturated heterocycles. The van der Waals surface area contributed by atoms with Crippen molar-refractivity contribution in [3.8, 4) is 22.5 Å². The lowest BCUT2D eigenvalue weighted by Gasteiger charge is -2.19. The molecule has 0 radical (unpaired) electrons. The van der Waals surface area contributed by atoms with Crippen molar-refractivity contribution in [3.05, 3.63) is 193 Å². The first kappa shape index (κ1) is 31.9. The molecule has 0 unspecified atom stereocenters. The Kier molecular flexibility index (Phi) is 7.71. The molecule has 256 valence electrons. The molecule has 10 rings (SSSR count). The van der Waals surface area contributed by atoms with E-state index in [-0.39, 0.29) is 0 Å². The van der Waals surface area contributed by atoms with Crippen LogP contribution in [0.4, 0.5) is 0 Å². The van der Waals surface area contributed by atoms with E-state index in [9.17, 15) is 0 Å². The number of rotatable bonds is 5. The molecule has 0 aliphatic heterocycles. The van der Waals surface area contributed by atoms with Gasteiger partial charge in [-0.05, 0) is 111 Å². The number of pyridine rings is 1. The second-order valence-corrected chi connectivity index (χ2v) is 14.7. The second-order valence-electron chi connectivity index (χ2n) is 13.7. The van der Waals surface area contributed by atoms with E-state index in [4.69, 9.17) is 4.98 Å². The third-order valence-corrected chi connectivity index (χ3v) is 11.9. The van der Waals surface area contributed by atoms with Crippen LogP contribution in [0.25, 0.3) is 92.9 Å². The van der Waals surface area contributed by atoms with Gasteiger partial charge in [-0.2, -0.15) is 0 Å². The Morgan fingerprint density at radius 1 is 0.556 bits per heavy atom. The maximum atomic E-state index is 5.13. The van der Waals surface area contributed by atoms with Crippen LogP contribution < -0.4 is 0 Å². The van der Waals surface area contributed by atoms with Gasteiger partial charge in [0.15, 0.2) is 0 Å². The molecule has 0 atom stereocenters. The number of allylic oxidation sites excluding steroid dienone is 2. The van der Waals surface area contributed by atoms with Crippen LogP contribution >= 0.6 is 11.3 Å². The maximum absolute atomic E-state index is 5.13. The van der Waals surface area contributed by atoms with E-state index in [1.54, 1.807) is 0 Å². The number of para-hydroxylation sites is 2. The van der Waals surface area contributed by atoms with Gasteiger partial charge < -0.3 is 9.13 Å². The smallest absolute Gasteiger partial charge is 0.0787 e. The summed E-state index contributed by atoms with van der Waals surface area (Å²) < 4.78 is 5.89. The maximum Gasteiger partial charge on any atom is 0.0787 e. The number of fused-ring (bicyclic) bond motifs is 10. The summed E-state index contributed by atoms with van der Waals surface area (Å²) in [6.45, 7) is 6.11. The predicted octanol–water partition coefficient (Wildman–Crippen LogP) is 13.9. The van der Waals surface area contributed by atoms with Crippen molar-refractivity contribution in [2.75, 3.05) is 0 Å². The van der Waals surface area contributed by atoms with Gasteiger partial charge in [-0.3, -0.25) is 4.98 Å². The van der Waals surface area contributed by atoms with Crippen molar-refractivity contribution < 1.29 is 0 Å². The zero-order chi connectivity index (χ0) is 36.2. The number of benzene rings is 6. The number of aryl methyl sites for hydroxylation is 1. The summed E-state index contributed by atoms with van der Waals surface area (Å²) in [7, 11) is 0. The monoisotopic (exact) mass is 709 g/mol. The van der Waals surface area contributed by atoms with Gasteiger partial charge >= 0.3 is 0 Å². The Labute approximate surface area is 317 Å². The van der Waals surface area contributed by atoms with Gasteiger partial charge in [0.2, 0.25) is 0 Å². The van der Waals surface area contributed by atoms with Gasteiger partial charge in [-0.25, -0.2) is 0 Å². The zero-order valence-corrected chi connectivity index (χ0v) is 30.6. The molecule has 0 N–H and O–H groups in total. The molecule has 0 spiro atoms. The van der Waals surface area contributed by atoms with Crippen molar-refractivity contribution in [1.29, 1.82) is 0 Å². The molecular weight excluding hydrogens is 675 g/mol. The highest BCUT2D eigenvalue weighted by Gasteiger charge is 2.16. The highest BCUT2D eigenvalue weighted by molar-refractivity contribution is 7.20. The Balaban J connectivity index is 1.38. The van der Waals surface area contributed by atoms with E-state index in [2.05, 4.69) is 187 Å². The minimum Gasteiger partial charge on any atom is -0.314 e. The largest absolute Gasteiger partial charge is 0.314 e. The summed E-state index contributed by atoms with van der Waals surface area (Å²) in [5.41, 5.74) is 9.13. The number of hydrogen-bond acceptors (Lipinski definition) is 2. The molecular formula is C50H35N3S. The van der Waals surface area contributed by atoms with Gasteiger partial charge in [0, 0.05) is 50.3 Å². The molecule has 10 aromatic rings. The molecule has 3 heterocycles. The molecule has 54 heavy (non-hydrogen) atoms. The lowest BCUT2D eigenvalue weighted by molar-refractivity contribution is 1.01. The van der Waals surface area contributed by atoms with Crippen LogP contribution in [0.2, 0.25) is 0 Å². The van der Waals surface area contributed by atoms with Crippen molar-refractivity contribution in [3.63, 3.8) is 0 Å². The summed E-state index contributed by atoms with van der Waals surface area (Å²) in [4.78, 5) is 6.39. The van der Waals surface area contributed by atoms with Crippen LogP contribution in [0.15, 0.2) is 183 Å². The lowest BCUT2D eigenvalue weighted by Crippen LogP contribution is -2.05. The Bertz CT molecular complexity index is 3180. The fourth-order valence-electron chi connectivity index (χ4n) is 8.07. The van der Waals surface area contributed by atoms with Crippen LogP contribution in [0.3, 0.4) is 0 Å². The van der Waals surface area contributed by atoms with Gasteiger partial charge in [-0.1, -0.05) is 116 Å². The first-order valence-electron chi connectivity index (χ1n) is 18.2. The van der Waals surface area contributed by atoms with E-state index in [1.807, 2.05) is 29.7 Å². The van der Waals surface area contributed by atoms with E-state index in [1.165, 1.54) is 53.2 Å². The van der Waals surface area contributed by atoms with Crippen LogP contribution in [-0.2, 0) is 0 Å². The Hall–Kier alpha value is -6.75. The normalized spacial score (nSPS) is 11.8. The van der Waals surface area contributed by atoms with Crippen LogP contribution in [0.1, 0.15) is 10.4 Å². The van der Waals surface area contributed by atoms with Gasteiger partial charge in [0.05, 0.1) is 16.6 Å². The SMILES string of the molecule is C=C/C=C\c1sc2c(-c3ccc4c(c3)c3ccccc3c3cccnc3c3cc5c(cc43)n(-c3ccccc3)ccn5-c3ccccc3)cccc2c1C. The topological polar surface area (TPSA) is 22.8 Å². The molecule has 0 aliphatic rings. The van der Waals surface area contributed by atoms with E-state index in [0.29, 0.717) is 0 Å². The van der Waals surface area contributed by atoms with Gasteiger partial charge in [-0.15, -0.1) is 11.3 Å². The van der Waals surface area contributed by atoms with E-state index < -0.39 is 0 Å². The number of nitrogens with zero attached hydrogens (tertiary/aromatic N) is 3. The molecule has 3 aromatic heterocycles. The molecule has 0 aliphatic carbocycles. The van der Waals surface area contributed by atoms with E-state index >= 15 is 0 Å². The van der Waals surface area contributed by atoms with Crippen molar-refractivity contribution in [2.45, 2.75) is 6.92 Å². The Morgan fingerprint density at radius 3 is 1.85 bits per heavy atom. The Morgan fingerprint density at radius 2 is 1.15 bits per heavy atom. The first-order valence-corrected chi connectivity index (χ1v) is 19.1. The van der Waals surface area contributed by atoms with Crippen molar-refractivity contribution in [2.24, 2.45) is 0 Å². The highest BCUT2D eigenvalue weighted by Crippen LogP contribution is 2.42. The number of thiophene rings is 1. The van der Waals surface area contributed by atoms with E-state index in [0.717, 1.165) is 44.1 Å². The third-order valence-electron chi connectivity index (χ3n) is 10.6. The fraction of sp³-hybridized carbons (Fsp3) is 0.0200. The van der Waals surface area contributed by atoms with Gasteiger partial charge in [0.1, 0.15) is 0 Å². The first-order chi connectivity index (χ1) is 26.7. The summed E-state index contributed by atoms with van der Waals surface area (Å²) in [5, 5.41) is 9.42. The molecule has 0 amide bonds. The van der Waals surface area contributed by atoms with Gasteiger partial charge in [0.25, 0.3) is 0 Å². The summed E-state index contributed by atoms with van der Waals surface area (Å²) >= 11 is 1.85. The number of hydrogen-bond donors (Lipinski definition) is 0. The quantitative estimate of drug-likeness (QED) is 0.163. The molecule has 7 aromatic carbocycles. The predicted molar refractivity (Wildman–Crippen MR) is 233 cm³/mol. The molecule has 0 bridgehead atoms. The lowest BCUT2D eigenvalue weighted by atomic mass is 9.93. The van der Waals surface area contributed by atoms with Crippen molar-refractivity contribution in [1.82, 2.24) is 14.1 Å². The molecule has 0 fully saturated rings. The summed E-state index contributed by atoms with van der Waals surface area (Å²) in [6.07, 6.45) is 12.3. The summed E-state index contributed by atoms with van der Waals surface area (Å²) in [6, 6.07) is 52.7. The third kappa shape index (κ3) is 5.14. The molecule has 3 nitrogen and oxygen atoms in total. The summed E-state index contributed by atoms with van der Waals surface area (Å²) in [5.74, 6) is 0. The fourth-order valence-corrected chi connectivity index (χ4v) is 9.32. The van der Waals surface area contributed by atoms with Crippen LogP contribution in [0.5, 0.6) is 0 Å². The van der Waals surface area contributed by atoms with Crippen molar-refractivity contribution >= 4 is 81.8 Å². The number of aromatic nitrogens is 3. The highest BCUT2D eigenvalue weighted by atomic mass is 32.1. The molecule has 0 saturated carbocycles. The van der Waals surface area contributed by atoms with Crippen LogP contribution in [-0.4, -0.2) is 14.1 Å². The van der Waals surface area contributed by atoms with Crippen LogP contribution in [0, 0.1) is 6.92 Å². The minimum absolute atomic E-state index is 0.977. The average Bonchev–Trinajstić information content (AvgIpc) is 3.56. The zero-order valence-electron chi connectivity index (χ0n) is 29.8. The minimum atomic E-state index is 0.977. The average molecular weight is 710 g/mol. The standard InChI is InChI=1S/C50H35N3S/c1-3-4-24-48-33(2)37-21-13-22-38(50(37)54-48)34-25-26-41-43(30-34)40-20-12-11-19-39(40)42-23-14-27-51-49(42)45-32-47-46(31-44(41)45)52(35-15-7-5-8-16-35)28-29-53(47)36-17-9-6-10-18-36/h3-32H,1H2,2H3/b24-4-,42-39?,43-40?,44-41?,49-45?. The second kappa shape index (κ2) is 13.0.